The number of benzene rings is 3. The van der Waals surface area contributed by atoms with Gasteiger partial charge in [0.2, 0.25) is 5.91 Å². The van der Waals surface area contributed by atoms with Crippen LogP contribution < -0.4 is 4.74 Å². The van der Waals surface area contributed by atoms with E-state index in [0.29, 0.717) is 19.6 Å². The summed E-state index contributed by atoms with van der Waals surface area (Å²) >= 11 is 0. The number of rotatable bonds is 8. The van der Waals surface area contributed by atoms with Crippen LogP contribution >= 0.6 is 0 Å². The fourth-order valence-electron chi connectivity index (χ4n) is 4.83. The van der Waals surface area contributed by atoms with Crippen molar-refractivity contribution in [3.8, 4) is 5.75 Å². The van der Waals surface area contributed by atoms with Crippen LogP contribution in [0.25, 0.3) is 10.9 Å². The predicted molar refractivity (Wildman–Crippen MR) is 141 cm³/mol. The molecule has 1 atom stereocenters. The summed E-state index contributed by atoms with van der Waals surface area (Å²) in [7, 11) is 0. The zero-order valence-corrected chi connectivity index (χ0v) is 20.2. The van der Waals surface area contributed by atoms with Crippen LogP contribution in [-0.2, 0) is 4.79 Å². The van der Waals surface area contributed by atoms with Crippen LogP contribution in [0.1, 0.15) is 17.0 Å². The number of fused-ring (bicyclic) bond motifs is 1. The number of aliphatic hydroxyl groups excluding tert-OH is 1. The highest BCUT2D eigenvalue weighted by molar-refractivity contribution is 5.87. The quantitative estimate of drug-likeness (QED) is 0.413. The average Bonchev–Trinajstić information content (AvgIpc) is 2.93. The minimum absolute atomic E-state index is 0.125. The van der Waals surface area contributed by atoms with Crippen molar-refractivity contribution in [1.29, 1.82) is 0 Å². The number of aromatic nitrogens is 1. The number of piperazine rings is 1. The second-order valence-electron chi connectivity index (χ2n) is 9.17. The molecule has 1 aliphatic heterocycles. The molecule has 1 fully saturated rings. The Morgan fingerprint density at radius 2 is 1.44 bits per heavy atom. The molecule has 5 rings (SSSR count). The van der Waals surface area contributed by atoms with Crippen molar-refractivity contribution < 1.29 is 14.6 Å². The van der Waals surface area contributed by atoms with Crippen LogP contribution in [0.2, 0.25) is 0 Å². The molecule has 1 N–H and O–H groups in total. The first kappa shape index (κ1) is 24.0. The minimum Gasteiger partial charge on any atom is -0.490 e. The first-order chi connectivity index (χ1) is 17.7. The van der Waals surface area contributed by atoms with Crippen LogP contribution in [0.3, 0.4) is 0 Å². The topological polar surface area (TPSA) is 65.9 Å². The summed E-state index contributed by atoms with van der Waals surface area (Å²) < 4.78 is 5.93. The highest BCUT2D eigenvalue weighted by atomic mass is 16.5. The van der Waals surface area contributed by atoms with Gasteiger partial charge in [-0.25, -0.2) is 0 Å². The molecule has 1 amide bonds. The van der Waals surface area contributed by atoms with Crippen molar-refractivity contribution in [2.75, 3.05) is 39.3 Å². The SMILES string of the molecule is O=C(C(c1ccccc1)c1ccccc1)N1CCN(CC(O)COc2ccnc3ccccc23)CC1. The zero-order valence-electron chi connectivity index (χ0n) is 20.2. The standard InChI is InChI=1S/C30H31N3O3/c34-25(22-36-28-15-16-31-27-14-8-7-13-26(27)28)21-32-17-19-33(20-18-32)30(35)29(23-9-3-1-4-10-23)24-11-5-2-6-12-24/h1-16,25,29,34H,17-22H2. The minimum atomic E-state index is -0.624. The second kappa shape index (κ2) is 11.3. The maximum atomic E-state index is 13.6. The van der Waals surface area contributed by atoms with Crippen LogP contribution in [0, 0.1) is 0 Å². The Hall–Kier alpha value is -3.74. The molecule has 0 aliphatic carbocycles. The Labute approximate surface area is 211 Å². The van der Waals surface area contributed by atoms with E-state index in [-0.39, 0.29) is 18.4 Å². The molecule has 36 heavy (non-hydrogen) atoms. The lowest BCUT2D eigenvalue weighted by atomic mass is 9.90. The third-order valence-corrected chi connectivity index (χ3v) is 6.71. The van der Waals surface area contributed by atoms with Gasteiger partial charge in [-0.2, -0.15) is 0 Å². The number of carbonyl (C=O) groups is 1. The molecule has 0 spiro atoms. The Bertz CT molecular complexity index is 1230. The maximum absolute atomic E-state index is 13.6. The molecular formula is C30H31N3O3. The van der Waals surface area contributed by atoms with Crippen LogP contribution in [-0.4, -0.2) is 71.2 Å². The number of hydrogen-bond acceptors (Lipinski definition) is 5. The summed E-state index contributed by atoms with van der Waals surface area (Å²) in [4.78, 5) is 22.1. The van der Waals surface area contributed by atoms with E-state index < -0.39 is 6.10 Å². The number of nitrogens with zero attached hydrogens (tertiary/aromatic N) is 3. The molecule has 6 heteroatoms. The van der Waals surface area contributed by atoms with Gasteiger partial charge in [0, 0.05) is 44.3 Å². The fraction of sp³-hybridized carbons (Fsp3) is 0.267. The Kier molecular flexibility index (Phi) is 7.55. The van der Waals surface area contributed by atoms with E-state index in [1.807, 2.05) is 95.9 Å². The Balaban J connectivity index is 1.16. The van der Waals surface area contributed by atoms with E-state index in [2.05, 4.69) is 9.88 Å². The first-order valence-corrected chi connectivity index (χ1v) is 12.4. The Morgan fingerprint density at radius 3 is 2.11 bits per heavy atom. The molecule has 184 valence electrons. The summed E-state index contributed by atoms with van der Waals surface area (Å²) in [6, 6.07) is 29.6. The van der Waals surface area contributed by atoms with Gasteiger partial charge < -0.3 is 14.7 Å². The number of β-amino-alcohol motifs (C(OH)–C–C–N with tert-alkyl or cyclic N) is 1. The third-order valence-electron chi connectivity index (χ3n) is 6.71. The summed E-state index contributed by atoms with van der Waals surface area (Å²) in [5, 5.41) is 11.6. The molecule has 2 heterocycles. The maximum Gasteiger partial charge on any atom is 0.234 e. The summed E-state index contributed by atoms with van der Waals surface area (Å²) in [5.74, 6) is 0.538. The monoisotopic (exact) mass is 481 g/mol. The molecule has 0 saturated carbocycles. The largest absolute Gasteiger partial charge is 0.490 e. The lowest BCUT2D eigenvalue weighted by Crippen LogP contribution is -2.52. The molecule has 1 saturated heterocycles. The molecule has 1 unspecified atom stereocenters. The predicted octanol–water partition coefficient (Wildman–Crippen LogP) is 3.95. The van der Waals surface area contributed by atoms with Crippen molar-refractivity contribution in [2.45, 2.75) is 12.0 Å². The van der Waals surface area contributed by atoms with E-state index in [1.165, 1.54) is 0 Å². The lowest BCUT2D eigenvalue weighted by molar-refractivity contribution is -0.133. The second-order valence-corrected chi connectivity index (χ2v) is 9.17. The van der Waals surface area contributed by atoms with Gasteiger partial charge in [0.05, 0.1) is 11.4 Å². The number of para-hydroxylation sites is 1. The Morgan fingerprint density at radius 1 is 0.833 bits per heavy atom. The molecule has 3 aromatic carbocycles. The van der Waals surface area contributed by atoms with E-state index in [1.54, 1.807) is 6.20 Å². The molecule has 0 bridgehead atoms. The van der Waals surface area contributed by atoms with E-state index in [0.717, 1.165) is 40.9 Å². The first-order valence-electron chi connectivity index (χ1n) is 12.4. The number of hydrogen-bond donors (Lipinski definition) is 1. The van der Waals surface area contributed by atoms with Crippen LogP contribution in [0.15, 0.2) is 97.2 Å². The number of ether oxygens (including phenoxy) is 1. The van der Waals surface area contributed by atoms with Crippen LogP contribution in [0.4, 0.5) is 0 Å². The van der Waals surface area contributed by atoms with E-state index >= 15 is 0 Å². The normalized spacial score (nSPS) is 15.2. The highest BCUT2D eigenvalue weighted by Gasteiger charge is 2.30. The van der Waals surface area contributed by atoms with Gasteiger partial charge in [-0.15, -0.1) is 0 Å². The van der Waals surface area contributed by atoms with Gasteiger partial charge in [0.15, 0.2) is 0 Å². The summed E-state index contributed by atoms with van der Waals surface area (Å²) in [5.41, 5.74) is 2.88. The highest BCUT2D eigenvalue weighted by Crippen LogP contribution is 2.27. The molecule has 4 aromatic rings. The average molecular weight is 482 g/mol. The van der Waals surface area contributed by atoms with Gasteiger partial charge in [-0.3, -0.25) is 14.7 Å². The van der Waals surface area contributed by atoms with Gasteiger partial charge in [-0.05, 0) is 29.3 Å². The van der Waals surface area contributed by atoms with Gasteiger partial charge in [0.1, 0.15) is 18.5 Å². The van der Waals surface area contributed by atoms with Crippen molar-refractivity contribution in [2.24, 2.45) is 0 Å². The van der Waals surface area contributed by atoms with Crippen molar-refractivity contribution >= 4 is 16.8 Å². The molecular weight excluding hydrogens is 450 g/mol. The van der Waals surface area contributed by atoms with Crippen LogP contribution in [0.5, 0.6) is 5.75 Å². The number of pyridine rings is 1. The lowest BCUT2D eigenvalue weighted by Gasteiger charge is -2.37. The molecule has 0 radical (unpaired) electrons. The number of aliphatic hydroxyl groups is 1. The molecule has 1 aromatic heterocycles. The third kappa shape index (κ3) is 5.56. The summed E-state index contributed by atoms with van der Waals surface area (Å²) in [6.07, 6.45) is 1.10. The molecule has 6 nitrogen and oxygen atoms in total. The van der Waals surface area contributed by atoms with E-state index in [9.17, 15) is 9.90 Å². The van der Waals surface area contributed by atoms with Gasteiger partial charge in [-0.1, -0.05) is 72.8 Å². The fourth-order valence-corrected chi connectivity index (χ4v) is 4.83. The smallest absolute Gasteiger partial charge is 0.234 e. The van der Waals surface area contributed by atoms with Crippen molar-refractivity contribution in [3.05, 3.63) is 108 Å². The summed E-state index contributed by atoms with van der Waals surface area (Å²) in [6.45, 7) is 3.42. The number of carbonyl (C=O) groups excluding carboxylic acids is 1. The van der Waals surface area contributed by atoms with Crippen molar-refractivity contribution in [1.82, 2.24) is 14.8 Å². The van der Waals surface area contributed by atoms with Crippen molar-refractivity contribution in [3.63, 3.8) is 0 Å². The number of amides is 1. The molecule has 1 aliphatic rings. The van der Waals surface area contributed by atoms with Gasteiger partial charge >= 0.3 is 0 Å². The van der Waals surface area contributed by atoms with E-state index in [4.69, 9.17) is 4.74 Å². The van der Waals surface area contributed by atoms with Gasteiger partial charge in [0.25, 0.3) is 0 Å². The zero-order chi connectivity index (χ0) is 24.7.